The Balaban J connectivity index is 0.000000339. The molecule has 0 aromatic heterocycles. The quantitative estimate of drug-likeness (QED) is 0.510. The number of hydrogen-bond donors (Lipinski definition) is 3. The molecule has 0 radical (unpaired) electrons. The van der Waals surface area contributed by atoms with Gasteiger partial charge in [-0.2, -0.15) is 13.2 Å². The molecule has 2 aliphatic carbocycles. The minimum Gasteiger partial charge on any atom is -0.475 e. The molecule has 2 aliphatic rings. The lowest BCUT2D eigenvalue weighted by Gasteiger charge is -2.32. The van der Waals surface area contributed by atoms with E-state index >= 15 is 0 Å². The highest BCUT2D eigenvalue weighted by Crippen LogP contribution is 2.43. The summed E-state index contributed by atoms with van der Waals surface area (Å²) in [5.74, 6) is -2.76. The number of rotatable bonds is 4. The van der Waals surface area contributed by atoms with E-state index in [-0.39, 0.29) is 11.5 Å². The average molecular weight is 499 g/mol. The molecule has 1 fully saturated rings. The molecule has 2 aromatic carbocycles. The summed E-state index contributed by atoms with van der Waals surface area (Å²) in [6.45, 7) is 1.04. The van der Waals surface area contributed by atoms with Crippen LogP contribution in [-0.4, -0.2) is 23.8 Å². The van der Waals surface area contributed by atoms with E-state index in [1.54, 1.807) is 0 Å². The van der Waals surface area contributed by atoms with Gasteiger partial charge >= 0.3 is 12.1 Å². The van der Waals surface area contributed by atoms with Crippen LogP contribution < -0.4 is 11.1 Å². The number of alkyl halides is 3. The highest BCUT2D eigenvalue weighted by molar-refractivity contribution is 9.10. The fourth-order valence-electron chi connectivity index (χ4n) is 4.62. The maximum atomic E-state index is 10.6. The summed E-state index contributed by atoms with van der Waals surface area (Å²) in [7, 11) is 0. The molecule has 4 nitrogen and oxygen atoms in total. The van der Waals surface area contributed by atoms with Gasteiger partial charge in [0.15, 0.2) is 0 Å². The molecule has 2 unspecified atom stereocenters. The molecular formula is C23H26BrF3N2O2. The Hall–Kier alpha value is -1.90. The molecule has 1 saturated carbocycles. The van der Waals surface area contributed by atoms with E-state index in [2.05, 4.69) is 69.8 Å². The Kier molecular flexibility index (Phi) is 7.44. The molecule has 168 valence electrons. The van der Waals surface area contributed by atoms with Gasteiger partial charge in [-0.3, -0.25) is 0 Å². The van der Waals surface area contributed by atoms with Gasteiger partial charge in [-0.15, -0.1) is 0 Å². The first-order chi connectivity index (χ1) is 14.6. The molecular weight excluding hydrogens is 473 g/mol. The van der Waals surface area contributed by atoms with Gasteiger partial charge in [0.05, 0.1) is 0 Å². The summed E-state index contributed by atoms with van der Waals surface area (Å²) in [6, 6.07) is 18.1. The van der Waals surface area contributed by atoms with Crippen molar-refractivity contribution < 1.29 is 23.1 Å². The summed E-state index contributed by atoms with van der Waals surface area (Å²) in [5, 5.41) is 11.0. The van der Waals surface area contributed by atoms with Crippen molar-refractivity contribution in [3.05, 3.63) is 69.7 Å². The van der Waals surface area contributed by atoms with Crippen molar-refractivity contribution in [1.82, 2.24) is 5.32 Å². The largest absolute Gasteiger partial charge is 0.490 e. The van der Waals surface area contributed by atoms with Crippen LogP contribution >= 0.6 is 15.9 Å². The van der Waals surface area contributed by atoms with Gasteiger partial charge in [-0.25, -0.2) is 4.79 Å². The highest BCUT2D eigenvalue weighted by Gasteiger charge is 2.38. The molecule has 0 spiro atoms. The van der Waals surface area contributed by atoms with Crippen LogP contribution in [0.2, 0.25) is 0 Å². The number of halogens is 4. The zero-order valence-corrected chi connectivity index (χ0v) is 18.5. The molecule has 0 saturated heterocycles. The van der Waals surface area contributed by atoms with Gasteiger partial charge in [0.1, 0.15) is 0 Å². The van der Waals surface area contributed by atoms with Crippen molar-refractivity contribution in [2.75, 3.05) is 6.54 Å². The van der Waals surface area contributed by atoms with Gasteiger partial charge in [0.2, 0.25) is 0 Å². The molecule has 31 heavy (non-hydrogen) atoms. The Morgan fingerprint density at radius 1 is 1.13 bits per heavy atom. The zero-order chi connectivity index (χ0) is 22.6. The van der Waals surface area contributed by atoms with Crippen LogP contribution in [0.25, 0.3) is 0 Å². The van der Waals surface area contributed by atoms with E-state index in [0.29, 0.717) is 6.04 Å². The van der Waals surface area contributed by atoms with Crippen molar-refractivity contribution >= 4 is 21.9 Å². The van der Waals surface area contributed by atoms with Crippen molar-refractivity contribution in [3.8, 4) is 0 Å². The second kappa shape index (κ2) is 9.71. The smallest absolute Gasteiger partial charge is 0.475 e. The maximum Gasteiger partial charge on any atom is 0.490 e. The fraction of sp³-hybridized carbons (Fsp3) is 0.435. The van der Waals surface area contributed by atoms with E-state index < -0.39 is 12.1 Å². The number of hydrogen-bond acceptors (Lipinski definition) is 3. The number of carbonyl (C=O) groups is 1. The van der Waals surface area contributed by atoms with Crippen LogP contribution in [0.5, 0.6) is 0 Å². The van der Waals surface area contributed by atoms with Crippen molar-refractivity contribution in [3.63, 3.8) is 0 Å². The third-order valence-electron chi connectivity index (χ3n) is 6.19. The Bertz CT molecular complexity index is 914. The van der Waals surface area contributed by atoms with Crippen molar-refractivity contribution in [1.29, 1.82) is 0 Å². The third kappa shape index (κ3) is 5.67. The zero-order valence-electron chi connectivity index (χ0n) is 17.0. The van der Waals surface area contributed by atoms with Gasteiger partial charge in [0, 0.05) is 28.5 Å². The van der Waals surface area contributed by atoms with E-state index in [1.807, 2.05) is 0 Å². The summed E-state index contributed by atoms with van der Waals surface area (Å²) in [6.07, 6.45) is 1.13. The van der Waals surface area contributed by atoms with Gasteiger partial charge in [0.25, 0.3) is 0 Å². The Labute approximate surface area is 188 Å². The number of benzene rings is 2. The van der Waals surface area contributed by atoms with Crippen molar-refractivity contribution in [2.24, 2.45) is 5.73 Å². The summed E-state index contributed by atoms with van der Waals surface area (Å²) < 4.78 is 32.9. The van der Waals surface area contributed by atoms with Crippen LogP contribution in [0.4, 0.5) is 13.2 Å². The molecule has 0 heterocycles. The topological polar surface area (TPSA) is 75.3 Å². The van der Waals surface area contributed by atoms with Crippen LogP contribution in [0.3, 0.4) is 0 Å². The normalized spacial score (nSPS) is 21.8. The van der Waals surface area contributed by atoms with Gasteiger partial charge < -0.3 is 16.2 Å². The van der Waals surface area contributed by atoms with Gasteiger partial charge in [-0.05, 0) is 48.1 Å². The number of fused-ring (bicyclic) bond motifs is 1. The second-order valence-corrected chi connectivity index (χ2v) is 9.12. The van der Waals surface area contributed by atoms with E-state index in [0.717, 1.165) is 13.0 Å². The lowest BCUT2D eigenvalue weighted by molar-refractivity contribution is -0.192. The standard InChI is InChI=1S/C21H25BrN2.C2HF3O2/c22-16-7-5-6-15(12-16)21(10-3-4-11-21)14-24-20-13-19(23)17-8-1-2-9-18(17)20;3-2(4,5)1(6)7/h1-2,5-9,12,19-20,24H,3-4,10-11,13-14,23H2;(H,6,7). The predicted molar refractivity (Wildman–Crippen MR) is 117 cm³/mol. The first-order valence-corrected chi connectivity index (χ1v) is 11.1. The van der Waals surface area contributed by atoms with E-state index in [9.17, 15) is 13.2 Å². The molecule has 4 N–H and O–H groups in total. The Morgan fingerprint density at radius 3 is 2.32 bits per heavy atom. The first kappa shape index (κ1) is 23.8. The first-order valence-electron chi connectivity index (χ1n) is 10.3. The second-order valence-electron chi connectivity index (χ2n) is 8.21. The lowest BCUT2D eigenvalue weighted by Crippen LogP contribution is -2.37. The van der Waals surface area contributed by atoms with Crippen LogP contribution in [0, 0.1) is 0 Å². The summed E-state index contributed by atoms with van der Waals surface area (Å²) in [5.41, 5.74) is 10.8. The molecule has 0 amide bonds. The fourth-order valence-corrected chi connectivity index (χ4v) is 5.02. The Morgan fingerprint density at radius 2 is 1.74 bits per heavy atom. The van der Waals surface area contributed by atoms with Gasteiger partial charge in [-0.1, -0.05) is 65.2 Å². The molecule has 4 rings (SSSR count). The maximum absolute atomic E-state index is 10.6. The predicted octanol–water partition coefficient (Wildman–Crippen LogP) is 5.63. The molecule has 0 bridgehead atoms. The number of carboxylic acids is 1. The monoisotopic (exact) mass is 498 g/mol. The van der Waals surface area contributed by atoms with Crippen LogP contribution in [-0.2, 0) is 10.2 Å². The SMILES string of the molecule is NC1CC(NCC2(c3cccc(Br)c3)CCCC2)c2ccccc21.O=C(O)C(F)(F)F. The minimum absolute atomic E-state index is 0.170. The number of nitrogens with two attached hydrogens (primary N) is 1. The molecule has 0 aliphatic heterocycles. The molecule has 2 atom stereocenters. The van der Waals surface area contributed by atoms with E-state index in [4.69, 9.17) is 15.6 Å². The van der Waals surface area contributed by atoms with Crippen molar-refractivity contribution in [2.45, 2.75) is 55.8 Å². The van der Waals surface area contributed by atoms with E-state index in [1.165, 1.54) is 46.8 Å². The van der Waals surface area contributed by atoms with Crippen LogP contribution in [0.15, 0.2) is 53.0 Å². The number of aliphatic carboxylic acids is 1. The molecule has 8 heteroatoms. The average Bonchev–Trinajstić information content (AvgIpc) is 3.32. The number of carboxylic acid groups (broad SMARTS) is 1. The third-order valence-corrected chi connectivity index (χ3v) is 6.68. The summed E-state index contributed by atoms with van der Waals surface area (Å²) >= 11 is 3.64. The summed E-state index contributed by atoms with van der Waals surface area (Å²) in [4.78, 5) is 8.90. The van der Waals surface area contributed by atoms with Crippen LogP contribution in [0.1, 0.15) is 60.9 Å². The minimum atomic E-state index is -5.08. The lowest BCUT2D eigenvalue weighted by atomic mass is 9.78. The molecule has 2 aromatic rings. The number of nitrogens with one attached hydrogen (secondary N) is 1. The highest BCUT2D eigenvalue weighted by atomic mass is 79.9.